The number of rotatable bonds is 5. The Kier molecular flexibility index (Phi) is 6.87. The summed E-state index contributed by atoms with van der Waals surface area (Å²) in [6.45, 7) is 3.38. The number of guanidine groups is 1. The Balaban J connectivity index is 0.00000240. The van der Waals surface area contributed by atoms with Gasteiger partial charge in [0, 0.05) is 12.2 Å². The highest BCUT2D eigenvalue weighted by atomic mass is 127. The monoisotopic (exact) mass is 497 g/mol. The van der Waals surface area contributed by atoms with E-state index in [2.05, 4.69) is 50.2 Å². The van der Waals surface area contributed by atoms with Crippen LogP contribution in [-0.2, 0) is 13.1 Å². The van der Waals surface area contributed by atoms with E-state index in [1.165, 1.54) is 11.1 Å². The van der Waals surface area contributed by atoms with E-state index in [9.17, 15) is 0 Å². The molecular weight excluding hydrogens is 473 g/mol. The van der Waals surface area contributed by atoms with Crippen molar-refractivity contribution < 1.29 is 0 Å². The van der Waals surface area contributed by atoms with Crippen LogP contribution < -0.4 is 11.1 Å². The number of hydrogen-bond donors (Lipinski definition) is 2. The molecule has 0 aliphatic carbocycles. The molecule has 4 aromatic rings. The van der Waals surface area contributed by atoms with Gasteiger partial charge in [0.1, 0.15) is 0 Å². The summed E-state index contributed by atoms with van der Waals surface area (Å²) in [5, 5.41) is 3.13. The fourth-order valence-corrected chi connectivity index (χ4v) is 3.17. The number of para-hydroxylation sites is 2. The van der Waals surface area contributed by atoms with Gasteiger partial charge in [-0.15, -0.1) is 24.0 Å². The van der Waals surface area contributed by atoms with Gasteiger partial charge in [-0.2, -0.15) is 0 Å². The SMILES string of the molecule is Cc1cccc(NC(N)=NCc2ccc(Cn3cnc4ccccc43)cc2)c1.I. The number of nitrogens with one attached hydrogen (secondary N) is 1. The summed E-state index contributed by atoms with van der Waals surface area (Å²) < 4.78 is 2.16. The molecule has 0 saturated heterocycles. The molecule has 0 radical (unpaired) electrons. The quantitative estimate of drug-likeness (QED) is 0.233. The third-order valence-electron chi connectivity index (χ3n) is 4.63. The molecule has 0 aliphatic rings. The van der Waals surface area contributed by atoms with E-state index in [4.69, 9.17) is 5.73 Å². The molecule has 0 aliphatic heterocycles. The van der Waals surface area contributed by atoms with Crippen LogP contribution in [0.5, 0.6) is 0 Å². The molecule has 1 aromatic heterocycles. The first-order chi connectivity index (χ1) is 13.7. The highest BCUT2D eigenvalue weighted by Crippen LogP contribution is 2.15. The van der Waals surface area contributed by atoms with Gasteiger partial charge in [0.05, 0.1) is 23.9 Å². The number of hydrogen-bond acceptors (Lipinski definition) is 2. The van der Waals surface area contributed by atoms with Crippen molar-refractivity contribution in [2.45, 2.75) is 20.0 Å². The van der Waals surface area contributed by atoms with Crippen LogP contribution in [0.3, 0.4) is 0 Å². The van der Waals surface area contributed by atoms with Gasteiger partial charge in [-0.05, 0) is 47.9 Å². The molecule has 0 unspecified atom stereocenters. The Morgan fingerprint density at radius 1 is 1.00 bits per heavy atom. The number of aryl methyl sites for hydroxylation is 1. The van der Waals surface area contributed by atoms with Crippen LogP contribution in [0.2, 0.25) is 0 Å². The third-order valence-corrected chi connectivity index (χ3v) is 4.63. The van der Waals surface area contributed by atoms with E-state index in [0.29, 0.717) is 12.5 Å². The van der Waals surface area contributed by atoms with E-state index in [0.717, 1.165) is 28.8 Å². The van der Waals surface area contributed by atoms with Crippen molar-refractivity contribution in [1.29, 1.82) is 0 Å². The molecule has 1 heterocycles. The molecule has 0 amide bonds. The second kappa shape index (κ2) is 9.56. The minimum absolute atomic E-state index is 0. The van der Waals surface area contributed by atoms with Gasteiger partial charge >= 0.3 is 0 Å². The zero-order valence-corrected chi connectivity index (χ0v) is 18.6. The first-order valence-corrected chi connectivity index (χ1v) is 9.29. The number of anilines is 1. The lowest BCUT2D eigenvalue weighted by Crippen LogP contribution is -2.22. The van der Waals surface area contributed by atoms with Crippen molar-refractivity contribution in [1.82, 2.24) is 9.55 Å². The Bertz CT molecular complexity index is 1120. The first kappa shape index (κ1) is 20.9. The molecule has 4 rings (SSSR count). The van der Waals surface area contributed by atoms with Crippen molar-refractivity contribution in [2.24, 2.45) is 10.7 Å². The highest BCUT2D eigenvalue weighted by Gasteiger charge is 2.03. The van der Waals surface area contributed by atoms with E-state index in [1.807, 2.05) is 55.7 Å². The van der Waals surface area contributed by atoms with Gasteiger partial charge in [-0.3, -0.25) is 0 Å². The molecular formula is C23H24IN5. The maximum atomic E-state index is 6.01. The largest absolute Gasteiger partial charge is 0.370 e. The fraction of sp³-hybridized carbons (Fsp3) is 0.130. The summed E-state index contributed by atoms with van der Waals surface area (Å²) in [7, 11) is 0. The molecule has 0 spiro atoms. The number of aliphatic imine (C=N–C) groups is 1. The van der Waals surface area contributed by atoms with Gasteiger partial charge in [-0.1, -0.05) is 48.5 Å². The Hall–Kier alpha value is -2.87. The van der Waals surface area contributed by atoms with Gasteiger partial charge in [0.2, 0.25) is 0 Å². The van der Waals surface area contributed by atoms with Crippen LogP contribution >= 0.6 is 24.0 Å². The van der Waals surface area contributed by atoms with Gasteiger partial charge in [-0.25, -0.2) is 9.98 Å². The van der Waals surface area contributed by atoms with E-state index < -0.39 is 0 Å². The lowest BCUT2D eigenvalue weighted by Gasteiger charge is -2.07. The molecule has 0 bridgehead atoms. The summed E-state index contributed by atoms with van der Waals surface area (Å²) >= 11 is 0. The molecule has 29 heavy (non-hydrogen) atoms. The molecule has 6 heteroatoms. The highest BCUT2D eigenvalue weighted by molar-refractivity contribution is 14.0. The zero-order chi connectivity index (χ0) is 19.3. The van der Waals surface area contributed by atoms with Gasteiger partial charge in [0.15, 0.2) is 5.96 Å². The van der Waals surface area contributed by atoms with Crippen LogP contribution in [0.4, 0.5) is 5.69 Å². The van der Waals surface area contributed by atoms with Crippen molar-refractivity contribution in [3.05, 3.63) is 95.8 Å². The van der Waals surface area contributed by atoms with Crippen LogP contribution in [0.1, 0.15) is 16.7 Å². The molecule has 0 fully saturated rings. The number of aromatic nitrogens is 2. The fourth-order valence-electron chi connectivity index (χ4n) is 3.17. The standard InChI is InChI=1S/C23H23N5.HI/c1-17-5-4-6-20(13-17)27-23(24)25-14-18-9-11-19(12-10-18)15-28-16-26-21-7-2-3-8-22(21)28;/h2-13,16H,14-15H2,1H3,(H3,24,25,27);1H. The lowest BCUT2D eigenvalue weighted by atomic mass is 10.1. The van der Waals surface area contributed by atoms with Crippen molar-refractivity contribution >= 4 is 46.7 Å². The Morgan fingerprint density at radius 2 is 1.76 bits per heavy atom. The van der Waals surface area contributed by atoms with Crippen LogP contribution in [0, 0.1) is 6.92 Å². The average molecular weight is 497 g/mol. The summed E-state index contributed by atoms with van der Waals surface area (Å²) in [6, 6.07) is 24.7. The van der Waals surface area contributed by atoms with Crippen LogP contribution in [-0.4, -0.2) is 15.5 Å². The summed E-state index contributed by atoms with van der Waals surface area (Å²) in [5.41, 5.74) is 12.6. The number of nitrogens with zero attached hydrogens (tertiary/aromatic N) is 3. The number of halogens is 1. The summed E-state index contributed by atoms with van der Waals surface area (Å²) in [5.74, 6) is 0.416. The maximum Gasteiger partial charge on any atom is 0.193 e. The molecule has 0 atom stereocenters. The smallest absolute Gasteiger partial charge is 0.193 e. The predicted octanol–water partition coefficient (Wildman–Crippen LogP) is 4.94. The van der Waals surface area contributed by atoms with Gasteiger partial charge in [0.25, 0.3) is 0 Å². The molecule has 0 saturated carbocycles. The molecule has 3 N–H and O–H groups in total. The topological polar surface area (TPSA) is 68.2 Å². The van der Waals surface area contributed by atoms with E-state index in [-0.39, 0.29) is 24.0 Å². The normalized spacial score (nSPS) is 11.3. The van der Waals surface area contributed by atoms with Gasteiger partial charge < -0.3 is 15.6 Å². The Morgan fingerprint density at radius 3 is 2.55 bits per heavy atom. The number of fused-ring (bicyclic) bond motifs is 1. The van der Waals surface area contributed by atoms with Crippen molar-refractivity contribution in [3.63, 3.8) is 0 Å². The molecule has 148 valence electrons. The second-order valence-electron chi connectivity index (χ2n) is 6.87. The first-order valence-electron chi connectivity index (χ1n) is 9.29. The number of imidazole rings is 1. The summed E-state index contributed by atoms with van der Waals surface area (Å²) in [4.78, 5) is 8.88. The maximum absolute atomic E-state index is 6.01. The van der Waals surface area contributed by atoms with Crippen LogP contribution in [0.25, 0.3) is 11.0 Å². The molecule has 5 nitrogen and oxygen atoms in total. The summed E-state index contributed by atoms with van der Waals surface area (Å²) in [6.07, 6.45) is 1.89. The van der Waals surface area contributed by atoms with E-state index in [1.54, 1.807) is 0 Å². The number of benzene rings is 3. The average Bonchev–Trinajstić information content (AvgIpc) is 3.10. The minimum atomic E-state index is 0. The predicted molar refractivity (Wildman–Crippen MR) is 131 cm³/mol. The van der Waals surface area contributed by atoms with Crippen molar-refractivity contribution in [2.75, 3.05) is 5.32 Å². The van der Waals surface area contributed by atoms with E-state index >= 15 is 0 Å². The number of nitrogens with two attached hydrogens (primary N) is 1. The zero-order valence-electron chi connectivity index (χ0n) is 16.2. The third kappa shape index (κ3) is 5.35. The Labute approximate surface area is 187 Å². The lowest BCUT2D eigenvalue weighted by molar-refractivity contribution is 0.823. The molecule has 3 aromatic carbocycles. The minimum Gasteiger partial charge on any atom is -0.370 e. The van der Waals surface area contributed by atoms with Crippen LogP contribution in [0.15, 0.2) is 84.1 Å². The van der Waals surface area contributed by atoms with Crippen molar-refractivity contribution in [3.8, 4) is 0 Å². The second-order valence-corrected chi connectivity index (χ2v) is 6.87.